The van der Waals surface area contributed by atoms with Gasteiger partial charge in [0.05, 0.1) is 6.04 Å². The molecule has 0 aliphatic heterocycles. The Morgan fingerprint density at radius 1 is 0.833 bits per heavy atom. The molecule has 168 valence electrons. The largest absolute Gasteiger partial charge is 0.350 e. The van der Waals surface area contributed by atoms with Gasteiger partial charge in [-0.1, -0.05) is 92.7 Å². The molecule has 0 spiro atoms. The van der Waals surface area contributed by atoms with E-state index in [4.69, 9.17) is 0 Å². The summed E-state index contributed by atoms with van der Waals surface area (Å²) in [6.45, 7) is 8.53. The van der Waals surface area contributed by atoms with Gasteiger partial charge in [-0.25, -0.2) is 0 Å². The number of nitrogens with one attached hydrogen (secondary N) is 1. The Kier molecular flexibility index (Phi) is 14.8. The van der Waals surface area contributed by atoms with Crippen LogP contribution >= 0.6 is 0 Å². The standard InChI is InChI=1S/C28H45NO/c1-5-6-7-8-9-10-11-12-13-14-15-16-17-18-19-20-28(30)29-26(4)27-22-24(2)21-25(3)23-27/h9-10,12-13,21-23,26H,5-8,11,14-20H2,1-4H3,(H,29,30)/b10-9-,13-12-. The van der Waals surface area contributed by atoms with Crippen LogP contribution < -0.4 is 5.32 Å². The normalized spacial score (nSPS) is 12.7. The molecule has 1 aromatic carbocycles. The van der Waals surface area contributed by atoms with Crippen LogP contribution in [0.25, 0.3) is 0 Å². The Balaban J connectivity index is 2.00. The number of unbranched alkanes of at least 4 members (excludes halogenated alkanes) is 8. The zero-order valence-electron chi connectivity index (χ0n) is 20.0. The lowest BCUT2D eigenvalue weighted by Crippen LogP contribution is -2.26. The summed E-state index contributed by atoms with van der Waals surface area (Å²) in [4.78, 5) is 12.2. The van der Waals surface area contributed by atoms with Gasteiger partial charge in [0.15, 0.2) is 0 Å². The van der Waals surface area contributed by atoms with Gasteiger partial charge in [0.2, 0.25) is 5.91 Å². The summed E-state index contributed by atoms with van der Waals surface area (Å²) < 4.78 is 0. The molecule has 0 bridgehead atoms. The van der Waals surface area contributed by atoms with Crippen molar-refractivity contribution in [1.82, 2.24) is 5.32 Å². The molecule has 0 heterocycles. The van der Waals surface area contributed by atoms with Crippen LogP contribution in [-0.4, -0.2) is 5.91 Å². The third-order valence-electron chi connectivity index (χ3n) is 5.48. The summed E-state index contributed by atoms with van der Waals surface area (Å²) >= 11 is 0. The van der Waals surface area contributed by atoms with Gasteiger partial charge >= 0.3 is 0 Å². The molecule has 0 aliphatic carbocycles. The van der Waals surface area contributed by atoms with Gasteiger partial charge in [0.25, 0.3) is 0 Å². The number of aryl methyl sites for hydroxylation is 2. The summed E-state index contributed by atoms with van der Waals surface area (Å²) in [7, 11) is 0. The van der Waals surface area contributed by atoms with Crippen LogP contribution in [0.4, 0.5) is 0 Å². The van der Waals surface area contributed by atoms with Gasteiger partial charge < -0.3 is 5.32 Å². The first-order chi connectivity index (χ1) is 14.5. The molecule has 30 heavy (non-hydrogen) atoms. The Morgan fingerprint density at radius 3 is 2.03 bits per heavy atom. The van der Waals surface area contributed by atoms with Gasteiger partial charge in [-0.2, -0.15) is 0 Å². The molecular weight excluding hydrogens is 366 g/mol. The van der Waals surface area contributed by atoms with E-state index in [0.717, 1.165) is 19.3 Å². The summed E-state index contributed by atoms with van der Waals surface area (Å²) in [5.74, 6) is 0.173. The summed E-state index contributed by atoms with van der Waals surface area (Å²) in [5, 5.41) is 3.15. The van der Waals surface area contributed by atoms with E-state index < -0.39 is 0 Å². The molecule has 0 saturated carbocycles. The summed E-state index contributed by atoms with van der Waals surface area (Å²) in [6, 6.07) is 6.57. The molecule has 0 saturated heterocycles. The highest BCUT2D eigenvalue weighted by atomic mass is 16.1. The zero-order valence-corrected chi connectivity index (χ0v) is 20.0. The van der Waals surface area contributed by atoms with Crippen molar-refractivity contribution in [2.24, 2.45) is 0 Å². The number of carbonyl (C=O) groups is 1. The topological polar surface area (TPSA) is 29.1 Å². The molecule has 1 N–H and O–H groups in total. The predicted molar refractivity (Wildman–Crippen MR) is 132 cm³/mol. The molecule has 1 aromatic rings. The second-order valence-electron chi connectivity index (χ2n) is 8.69. The number of hydrogen-bond acceptors (Lipinski definition) is 1. The second kappa shape index (κ2) is 16.9. The van der Waals surface area contributed by atoms with Gasteiger partial charge in [0, 0.05) is 6.42 Å². The molecule has 1 rings (SSSR count). The van der Waals surface area contributed by atoms with E-state index in [2.05, 4.69) is 75.5 Å². The second-order valence-corrected chi connectivity index (χ2v) is 8.69. The van der Waals surface area contributed by atoms with E-state index in [1.807, 2.05) is 0 Å². The molecule has 0 radical (unpaired) electrons. The van der Waals surface area contributed by atoms with Gasteiger partial charge in [-0.3, -0.25) is 4.79 Å². The third-order valence-corrected chi connectivity index (χ3v) is 5.48. The third kappa shape index (κ3) is 13.4. The first-order valence-electron chi connectivity index (χ1n) is 12.2. The van der Waals surface area contributed by atoms with Crippen LogP contribution in [0.1, 0.15) is 114 Å². The van der Waals surface area contributed by atoms with Crippen LogP contribution in [-0.2, 0) is 4.79 Å². The van der Waals surface area contributed by atoms with Crippen molar-refractivity contribution in [2.45, 2.75) is 111 Å². The van der Waals surface area contributed by atoms with Crippen molar-refractivity contribution < 1.29 is 4.79 Å². The van der Waals surface area contributed by atoms with E-state index in [9.17, 15) is 4.79 Å². The number of hydrogen-bond donors (Lipinski definition) is 1. The van der Waals surface area contributed by atoms with Crippen LogP contribution in [0.3, 0.4) is 0 Å². The maximum atomic E-state index is 12.2. The number of amides is 1. The number of carbonyl (C=O) groups excluding carboxylic acids is 1. The maximum Gasteiger partial charge on any atom is 0.220 e. The predicted octanol–water partition coefficient (Wildman–Crippen LogP) is 8.29. The molecule has 2 nitrogen and oxygen atoms in total. The molecule has 0 aliphatic rings. The minimum Gasteiger partial charge on any atom is -0.350 e. The smallest absolute Gasteiger partial charge is 0.220 e. The summed E-state index contributed by atoms with van der Waals surface area (Å²) in [5.41, 5.74) is 3.69. The van der Waals surface area contributed by atoms with E-state index in [1.165, 1.54) is 68.1 Å². The molecule has 1 amide bonds. The maximum absolute atomic E-state index is 12.2. The lowest BCUT2D eigenvalue weighted by atomic mass is 10.0. The monoisotopic (exact) mass is 411 g/mol. The van der Waals surface area contributed by atoms with Crippen molar-refractivity contribution in [1.29, 1.82) is 0 Å². The van der Waals surface area contributed by atoms with Crippen LogP contribution in [0.2, 0.25) is 0 Å². The highest BCUT2D eigenvalue weighted by Crippen LogP contribution is 2.17. The lowest BCUT2D eigenvalue weighted by molar-refractivity contribution is -0.121. The average Bonchev–Trinajstić information content (AvgIpc) is 2.70. The molecular formula is C28H45NO. The average molecular weight is 412 g/mol. The van der Waals surface area contributed by atoms with Crippen molar-refractivity contribution in [2.75, 3.05) is 0 Å². The Hall–Kier alpha value is -1.83. The van der Waals surface area contributed by atoms with Crippen molar-refractivity contribution in [3.8, 4) is 0 Å². The van der Waals surface area contributed by atoms with E-state index in [-0.39, 0.29) is 11.9 Å². The Bertz CT molecular complexity index is 624. The molecule has 0 aromatic heterocycles. The summed E-state index contributed by atoms with van der Waals surface area (Å²) in [6.07, 6.45) is 23.2. The molecule has 1 unspecified atom stereocenters. The minimum atomic E-state index is 0.0778. The molecule has 0 fully saturated rings. The molecule has 1 atom stereocenters. The van der Waals surface area contributed by atoms with Crippen LogP contribution in [0.5, 0.6) is 0 Å². The number of allylic oxidation sites excluding steroid dienone is 4. The number of rotatable bonds is 16. The van der Waals surface area contributed by atoms with Crippen molar-refractivity contribution in [3.05, 3.63) is 59.2 Å². The highest BCUT2D eigenvalue weighted by Gasteiger charge is 2.10. The minimum absolute atomic E-state index is 0.0778. The zero-order chi connectivity index (χ0) is 22.0. The Labute approximate surface area is 186 Å². The fourth-order valence-electron chi connectivity index (χ4n) is 3.75. The Morgan fingerprint density at radius 2 is 1.40 bits per heavy atom. The van der Waals surface area contributed by atoms with Crippen LogP contribution in [0.15, 0.2) is 42.5 Å². The molecule has 2 heteroatoms. The number of benzene rings is 1. The van der Waals surface area contributed by atoms with Crippen LogP contribution in [0, 0.1) is 13.8 Å². The van der Waals surface area contributed by atoms with E-state index >= 15 is 0 Å². The van der Waals surface area contributed by atoms with E-state index in [0.29, 0.717) is 6.42 Å². The van der Waals surface area contributed by atoms with Crippen molar-refractivity contribution >= 4 is 5.91 Å². The van der Waals surface area contributed by atoms with Gasteiger partial charge in [-0.15, -0.1) is 0 Å². The van der Waals surface area contributed by atoms with E-state index in [1.54, 1.807) is 0 Å². The highest BCUT2D eigenvalue weighted by molar-refractivity contribution is 5.76. The first kappa shape index (κ1) is 26.2. The fraction of sp³-hybridized carbons (Fsp3) is 0.607. The fourth-order valence-corrected chi connectivity index (χ4v) is 3.75. The van der Waals surface area contributed by atoms with Gasteiger partial charge in [0.1, 0.15) is 0 Å². The van der Waals surface area contributed by atoms with Crippen molar-refractivity contribution in [3.63, 3.8) is 0 Å². The van der Waals surface area contributed by atoms with Gasteiger partial charge in [-0.05, 0) is 64.9 Å². The quantitative estimate of drug-likeness (QED) is 0.215. The lowest BCUT2D eigenvalue weighted by Gasteiger charge is -2.16. The first-order valence-corrected chi connectivity index (χ1v) is 12.2. The SMILES string of the molecule is CCCCC/C=C\C/C=C\CCCCCCCC(=O)NC(C)c1cc(C)cc(C)c1.